The molecule has 29 heavy (non-hydrogen) atoms. The van der Waals surface area contributed by atoms with E-state index in [2.05, 4.69) is 15.0 Å². The number of carbonyl (C=O) groups excluding carboxylic acids is 2. The Hall–Kier alpha value is -2.83. The van der Waals surface area contributed by atoms with Crippen LogP contribution in [-0.2, 0) is 11.2 Å². The van der Waals surface area contributed by atoms with E-state index in [1.54, 1.807) is 18.6 Å². The SMILES string of the molecule is Cc1cnc(C(=O)N2CCC[C@@]3(CCC(=O)N(CCc4ccccn4)C3)C2)cn1. The van der Waals surface area contributed by atoms with Gasteiger partial charge >= 0.3 is 0 Å². The van der Waals surface area contributed by atoms with Gasteiger partial charge in [-0.2, -0.15) is 0 Å². The number of carbonyl (C=O) groups is 2. The van der Waals surface area contributed by atoms with E-state index >= 15 is 0 Å². The second-order valence-corrected chi connectivity index (χ2v) is 8.26. The lowest BCUT2D eigenvalue weighted by Crippen LogP contribution is -2.55. The van der Waals surface area contributed by atoms with Crippen LogP contribution in [-0.4, -0.2) is 62.7 Å². The number of amides is 2. The van der Waals surface area contributed by atoms with Crippen LogP contribution in [0.25, 0.3) is 0 Å². The lowest BCUT2D eigenvalue weighted by Gasteiger charge is -2.48. The standard InChI is InChI=1S/C22H27N5O2/c1-17-13-25-19(14-24-17)21(29)27-11-4-8-22(16-27)9-6-20(28)26(15-22)12-7-18-5-2-3-10-23-18/h2-3,5,10,13-14H,4,6-9,11-12,15-16H2,1H3/t22-/m0/s1. The third kappa shape index (κ3) is 4.44. The van der Waals surface area contributed by atoms with Crippen molar-refractivity contribution in [3.05, 3.63) is 53.9 Å². The van der Waals surface area contributed by atoms with E-state index < -0.39 is 0 Å². The number of piperidine rings is 2. The molecule has 7 nitrogen and oxygen atoms in total. The van der Waals surface area contributed by atoms with E-state index in [9.17, 15) is 9.59 Å². The number of nitrogens with zero attached hydrogens (tertiary/aromatic N) is 5. The fraction of sp³-hybridized carbons (Fsp3) is 0.500. The molecule has 2 aromatic rings. The molecule has 0 N–H and O–H groups in total. The summed E-state index contributed by atoms with van der Waals surface area (Å²) in [7, 11) is 0. The van der Waals surface area contributed by atoms with Gasteiger partial charge in [0.2, 0.25) is 5.91 Å². The van der Waals surface area contributed by atoms with Gasteiger partial charge in [0, 0.05) is 62.5 Å². The molecule has 2 fully saturated rings. The molecule has 0 saturated carbocycles. The molecule has 1 atom stereocenters. The molecule has 7 heteroatoms. The first-order valence-electron chi connectivity index (χ1n) is 10.3. The lowest BCUT2D eigenvalue weighted by molar-refractivity contribution is -0.138. The average Bonchev–Trinajstić information content (AvgIpc) is 2.75. The Morgan fingerprint density at radius 3 is 2.79 bits per heavy atom. The van der Waals surface area contributed by atoms with Gasteiger partial charge < -0.3 is 9.80 Å². The molecule has 2 saturated heterocycles. The van der Waals surface area contributed by atoms with Crippen molar-refractivity contribution in [2.24, 2.45) is 5.41 Å². The maximum absolute atomic E-state index is 12.9. The maximum Gasteiger partial charge on any atom is 0.274 e. The minimum Gasteiger partial charge on any atom is -0.342 e. The first-order valence-corrected chi connectivity index (χ1v) is 10.3. The van der Waals surface area contributed by atoms with Crippen LogP contribution >= 0.6 is 0 Å². The second kappa shape index (κ2) is 8.27. The van der Waals surface area contributed by atoms with E-state index in [0.29, 0.717) is 31.7 Å². The van der Waals surface area contributed by atoms with E-state index in [1.807, 2.05) is 34.9 Å². The third-order valence-corrected chi connectivity index (χ3v) is 6.06. The van der Waals surface area contributed by atoms with E-state index in [-0.39, 0.29) is 17.2 Å². The predicted molar refractivity (Wildman–Crippen MR) is 108 cm³/mol. The van der Waals surface area contributed by atoms with Gasteiger partial charge in [-0.3, -0.25) is 19.6 Å². The highest BCUT2D eigenvalue weighted by molar-refractivity contribution is 5.92. The van der Waals surface area contributed by atoms with Gasteiger partial charge in [-0.25, -0.2) is 4.98 Å². The molecular weight excluding hydrogens is 366 g/mol. The zero-order valence-corrected chi connectivity index (χ0v) is 16.9. The zero-order chi connectivity index (χ0) is 20.3. The van der Waals surface area contributed by atoms with Crippen molar-refractivity contribution in [1.29, 1.82) is 0 Å². The van der Waals surface area contributed by atoms with E-state index in [0.717, 1.165) is 43.6 Å². The summed E-state index contributed by atoms with van der Waals surface area (Å²) in [6.07, 6.45) is 9.12. The lowest BCUT2D eigenvalue weighted by atomic mass is 9.73. The first kappa shape index (κ1) is 19.5. The van der Waals surface area contributed by atoms with Crippen molar-refractivity contribution in [3.63, 3.8) is 0 Å². The first-order chi connectivity index (χ1) is 14.0. The van der Waals surface area contributed by atoms with Crippen molar-refractivity contribution >= 4 is 11.8 Å². The topological polar surface area (TPSA) is 79.3 Å². The molecule has 0 unspecified atom stereocenters. The van der Waals surface area contributed by atoms with Crippen LogP contribution < -0.4 is 0 Å². The number of pyridine rings is 1. The zero-order valence-electron chi connectivity index (χ0n) is 16.9. The average molecular weight is 393 g/mol. The molecule has 0 radical (unpaired) electrons. The van der Waals surface area contributed by atoms with Crippen molar-refractivity contribution in [2.45, 2.75) is 39.0 Å². The monoisotopic (exact) mass is 393 g/mol. The van der Waals surface area contributed by atoms with E-state index in [1.165, 1.54) is 0 Å². The third-order valence-electron chi connectivity index (χ3n) is 6.06. The molecule has 2 aliphatic rings. The highest BCUT2D eigenvalue weighted by Gasteiger charge is 2.42. The van der Waals surface area contributed by atoms with Crippen LogP contribution in [0.3, 0.4) is 0 Å². The summed E-state index contributed by atoms with van der Waals surface area (Å²) in [5, 5.41) is 0. The maximum atomic E-state index is 12.9. The Morgan fingerprint density at radius 2 is 2.03 bits per heavy atom. The van der Waals surface area contributed by atoms with Crippen LogP contribution in [0.5, 0.6) is 0 Å². The summed E-state index contributed by atoms with van der Waals surface area (Å²) >= 11 is 0. The highest BCUT2D eigenvalue weighted by Crippen LogP contribution is 2.39. The molecular formula is C22H27N5O2. The van der Waals surface area contributed by atoms with Crippen LogP contribution in [0, 0.1) is 12.3 Å². The molecule has 1 spiro atoms. The van der Waals surface area contributed by atoms with Gasteiger partial charge in [0.1, 0.15) is 5.69 Å². The fourth-order valence-corrected chi connectivity index (χ4v) is 4.48. The summed E-state index contributed by atoms with van der Waals surface area (Å²) in [5.74, 6) is 0.146. The van der Waals surface area contributed by atoms with Gasteiger partial charge in [0.05, 0.1) is 11.9 Å². The molecule has 2 amide bonds. The van der Waals surface area contributed by atoms with Gasteiger partial charge in [-0.1, -0.05) is 6.07 Å². The van der Waals surface area contributed by atoms with Gasteiger partial charge in [-0.15, -0.1) is 0 Å². The Kier molecular flexibility index (Phi) is 5.56. The Bertz CT molecular complexity index is 871. The minimum absolute atomic E-state index is 0.0237. The molecule has 0 aliphatic carbocycles. The number of rotatable bonds is 4. The molecule has 2 aromatic heterocycles. The summed E-state index contributed by atoms with van der Waals surface area (Å²) in [6, 6.07) is 5.87. The Balaban J connectivity index is 1.43. The summed E-state index contributed by atoms with van der Waals surface area (Å²) in [6.45, 7) is 4.65. The normalized spacial score (nSPS) is 22.2. The number of hydrogen-bond donors (Lipinski definition) is 0. The minimum atomic E-state index is -0.0616. The fourth-order valence-electron chi connectivity index (χ4n) is 4.48. The van der Waals surface area contributed by atoms with Crippen molar-refractivity contribution in [2.75, 3.05) is 26.2 Å². The highest BCUT2D eigenvalue weighted by atomic mass is 16.2. The van der Waals surface area contributed by atoms with Gasteiger partial charge in [0.25, 0.3) is 5.91 Å². The number of likely N-dealkylation sites (tertiary alicyclic amines) is 2. The Labute approximate surface area is 171 Å². The van der Waals surface area contributed by atoms with Crippen molar-refractivity contribution < 1.29 is 9.59 Å². The quantitative estimate of drug-likeness (QED) is 0.796. The smallest absolute Gasteiger partial charge is 0.274 e. The summed E-state index contributed by atoms with van der Waals surface area (Å²) in [5.41, 5.74) is 2.17. The predicted octanol–water partition coefficient (Wildman–Crippen LogP) is 2.27. The second-order valence-electron chi connectivity index (χ2n) is 8.26. The summed E-state index contributed by atoms with van der Waals surface area (Å²) < 4.78 is 0. The van der Waals surface area contributed by atoms with E-state index in [4.69, 9.17) is 0 Å². The molecule has 152 valence electrons. The number of hydrogen-bond acceptors (Lipinski definition) is 5. The van der Waals surface area contributed by atoms with Crippen LogP contribution in [0.2, 0.25) is 0 Å². The largest absolute Gasteiger partial charge is 0.342 e. The van der Waals surface area contributed by atoms with Gasteiger partial charge in [0.15, 0.2) is 0 Å². The van der Waals surface area contributed by atoms with Crippen LogP contribution in [0.1, 0.15) is 47.6 Å². The molecule has 0 aromatic carbocycles. The number of aromatic nitrogens is 3. The van der Waals surface area contributed by atoms with Crippen LogP contribution in [0.4, 0.5) is 0 Å². The van der Waals surface area contributed by atoms with Crippen molar-refractivity contribution in [1.82, 2.24) is 24.8 Å². The Morgan fingerprint density at radius 1 is 1.14 bits per heavy atom. The molecule has 0 bridgehead atoms. The number of aryl methyl sites for hydroxylation is 1. The van der Waals surface area contributed by atoms with Gasteiger partial charge in [-0.05, 0) is 38.3 Å². The molecule has 2 aliphatic heterocycles. The molecule has 4 heterocycles. The molecule has 4 rings (SSSR count). The van der Waals surface area contributed by atoms with Crippen molar-refractivity contribution in [3.8, 4) is 0 Å². The summed E-state index contributed by atoms with van der Waals surface area (Å²) in [4.78, 5) is 42.1. The van der Waals surface area contributed by atoms with Crippen LogP contribution in [0.15, 0.2) is 36.8 Å².